The number of fused-ring (bicyclic) bond motifs is 1. The van der Waals surface area contributed by atoms with Crippen molar-refractivity contribution in [2.75, 3.05) is 16.8 Å². The highest BCUT2D eigenvalue weighted by Gasteiger charge is 2.32. The van der Waals surface area contributed by atoms with E-state index >= 15 is 0 Å². The molecule has 0 saturated heterocycles. The van der Waals surface area contributed by atoms with Crippen molar-refractivity contribution in [3.63, 3.8) is 0 Å². The molecule has 1 atom stereocenters. The van der Waals surface area contributed by atoms with Crippen LogP contribution in [0.4, 0.5) is 40.7 Å². The standard InChI is InChI=1S/C22H19F3N4O2/c23-22(24,25)14-6-8-17(9-7-14)29-13-16(28-21(30)31)11-18-19(4-1-5-20(18)29)27-15-3-2-10-26-12-15/h1-10,12,16,27-28H,11,13H2,(H,30,31). The van der Waals surface area contributed by atoms with Gasteiger partial charge in [0.2, 0.25) is 0 Å². The first-order chi connectivity index (χ1) is 14.8. The zero-order valence-corrected chi connectivity index (χ0v) is 16.2. The van der Waals surface area contributed by atoms with E-state index in [2.05, 4.69) is 15.6 Å². The summed E-state index contributed by atoms with van der Waals surface area (Å²) in [7, 11) is 0. The maximum atomic E-state index is 13.0. The molecule has 1 unspecified atom stereocenters. The van der Waals surface area contributed by atoms with Crippen molar-refractivity contribution in [2.45, 2.75) is 18.6 Å². The highest BCUT2D eigenvalue weighted by Crippen LogP contribution is 2.39. The van der Waals surface area contributed by atoms with Crippen LogP contribution in [0.3, 0.4) is 0 Å². The topological polar surface area (TPSA) is 77.5 Å². The summed E-state index contributed by atoms with van der Waals surface area (Å²) < 4.78 is 38.9. The normalized spacial score (nSPS) is 15.8. The highest BCUT2D eigenvalue weighted by atomic mass is 19.4. The van der Waals surface area contributed by atoms with Crippen LogP contribution in [0.1, 0.15) is 11.1 Å². The number of amides is 1. The molecule has 0 fully saturated rings. The van der Waals surface area contributed by atoms with Crippen molar-refractivity contribution < 1.29 is 23.1 Å². The van der Waals surface area contributed by atoms with Gasteiger partial charge < -0.3 is 20.6 Å². The van der Waals surface area contributed by atoms with Crippen LogP contribution in [-0.2, 0) is 12.6 Å². The first kappa shape index (κ1) is 20.5. The number of alkyl halides is 3. The fourth-order valence-electron chi connectivity index (χ4n) is 3.73. The van der Waals surface area contributed by atoms with Crippen LogP contribution in [0.25, 0.3) is 0 Å². The van der Waals surface area contributed by atoms with E-state index in [1.165, 1.54) is 12.1 Å². The number of hydrogen-bond donors (Lipinski definition) is 3. The molecular formula is C22H19F3N4O2. The van der Waals surface area contributed by atoms with Crippen LogP contribution in [0.15, 0.2) is 67.0 Å². The van der Waals surface area contributed by atoms with Crippen LogP contribution >= 0.6 is 0 Å². The first-order valence-electron chi connectivity index (χ1n) is 9.54. The molecular weight excluding hydrogens is 409 g/mol. The highest BCUT2D eigenvalue weighted by molar-refractivity contribution is 5.78. The van der Waals surface area contributed by atoms with Crippen LogP contribution in [0.2, 0.25) is 0 Å². The third-order valence-electron chi connectivity index (χ3n) is 5.07. The second-order valence-electron chi connectivity index (χ2n) is 7.18. The molecule has 2 heterocycles. The van der Waals surface area contributed by atoms with Gasteiger partial charge in [0.1, 0.15) is 0 Å². The maximum Gasteiger partial charge on any atom is 0.416 e. The van der Waals surface area contributed by atoms with Gasteiger partial charge in [0, 0.05) is 35.4 Å². The van der Waals surface area contributed by atoms with Crippen molar-refractivity contribution in [3.8, 4) is 0 Å². The quantitative estimate of drug-likeness (QED) is 0.534. The van der Waals surface area contributed by atoms with Gasteiger partial charge in [-0.1, -0.05) is 6.07 Å². The molecule has 160 valence electrons. The number of carbonyl (C=O) groups is 1. The largest absolute Gasteiger partial charge is 0.465 e. The lowest BCUT2D eigenvalue weighted by Crippen LogP contribution is -2.46. The number of halogens is 3. The number of benzene rings is 2. The number of nitrogens with zero attached hydrogens (tertiary/aromatic N) is 2. The zero-order chi connectivity index (χ0) is 22.0. The van der Waals surface area contributed by atoms with Crippen LogP contribution in [0, 0.1) is 0 Å². The Morgan fingerprint density at radius 3 is 2.52 bits per heavy atom. The molecule has 0 aliphatic carbocycles. The van der Waals surface area contributed by atoms with Gasteiger partial charge in [0.25, 0.3) is 0 Å². The van der Waals surface area contributed by atoms with Crippen LogP contribution in [0.5, 0.6) is 0 Å². The molecule has 9 heteroatoms. The Hall–Kier alpha value is -3.75. The van der Waals surface area contributed by atoms with Crippen molar-refractivity contribution >= 4 is 28.8 Å². The van der Waals surface area contributed by atoms with E-state index in [4.69, 9.17) is 0 Å². The van der Waals surface area contributed by atoms with E-state index in [1.54, 1.807) is 18.5 Å². The molecule has 31 heavy (non-hydrogen) atoms. The molecule has 0 radical (unpaired) electrons. The van der Waals surface area contributed by atoms with Crippen molar-refractivity contribution in [1.82, 2.24) is 10.3 Å². The Labute approximate surface area is 176 Å². The molecule has 1 aromatic heterocycles. The van der Waals surface area contributed by atoms with E-state index in [-0.39, 0.29) is 0 Å². The van der Waals surface area contributed by atoms with E-state index in [1.807, 2.05) is 29.2 Å². The number of hydrogen-bond acceptors (Lipinski definition) is 4. The van der Waals surface area contributed by atoms with Crippen molar-refractivity contribution in [3.05, 3.63) is 78.1 Å². The Bertz CT molecular complexity index is 1070. The number of pyridine rings is 1. The minimum atomic E-state index is -4.42. The minimum Gasteiger partial charge on any atom is -0.465 e. The van der Waals surface area contributed by atoms with E-state index in [0.717, 1.165) is 34.8 Å². The molecule has 0 bridgehead atoms. The lowest BCUT2D eigenvalue weighted by atomic mass is 9.95. The number of rotatable bonds is 4. The van der Waals surface area contributed by atoms with Crippen molar-refractivity contribution in [1.29, 1.82) is 0 Å². The lowest BCUT2D eigenvalue weighted by Gasteiger charge is -2.37. The summed E-state index contributed by atoms with van der Waals surface area (Å²) in [6.45, 7) is 0.293. The Morgan fingerprint density at radius 2 is 1.87 bits per heavy atom. The molecule has 6 nitrogen and oxygen atoms in total. The van der Waals surface area contributed by atoms with Crippen LogP contribution < -0.4 is 15.5 Å². The average molecular weight is 428 g/mol. The average Bonchev–Trinajstić information content (AvgIpc) is 2.73. The minimum absolute atomic E-state index is 0.293. The zero-order valence-electron chi connectivity index (χ0n) is 16.2. The Balaban J connectivity index is 1.73. The summed E-state index contributed by atoms with van der Waals surface area (Å²) in [4.78, 5) is 17.2. The van der Waals surface area contributed by atoms with Crippen molar-refractivity contribution in [2.24, 2.45) is 0 Å². The molecule has 3 N–H and O–H groups in total. The second kappa shape index (κ2) is 8.17. The van der Waals surface area contributed by atoms with Gasteiger partial charge >= 0.3 is 12.3 Å². The predicted molar refractivity (Wildman–Crippen MR) is 111 cm³/mol. The van der Waals surface area contributed by atoms with E-state index < -0.39 is 23.9 Å². The van der Waals surface area contributed by atoms with Gasteiger partial charge in [-0.25, -0.2) is 4.79 Å². The molecule has 3 aromatic rings. The molecule has 1 aliphatic heterocycles. The molecule has 0 saturated carbocycles. The summed E-state index contributed by atoms with van der Waals surface area (Å²) in [6.07, 6.45) is -1.82. The first-order valence-corrected chi connectivity index (χ1v) is 9.54. The fourth-order valence-corrected chi connectivity index (χ4v) is 3.73. The summed E-state index contributed by atoms with van der Waals surface area (Å²) in [5, 5.41) is 15.0. The summed E-state index contributed by atoms with van der Waals surface area (Å²) in [6, 6.07) is 13.7. The van der Waals surface area contributed by atoms with Gasteiger partial charge in [-0.15, -0.1) is 0 Å². The molecule has 2 aromatic carbocycles. The van der Waals surface area contributed by atoms with E-state index in [9.17, 15) is 23.1 Å². The van der Waals surface area contributed by atoms with E-state index in [0.29, 0.717) is 18.7 Å². The third kappa shape index (κ3) is 4.55. The Morgan fingerprint density at radius 1 is 1.10 bits per heavy atom. The lowest BCUT2D eigenvalue weighted by molar-refractivity contribution is -0.137. The number of nitrogens with one attached hydrogen (secondary N) is 2. The number of carboxylic acid groups (broad SMARTS) is 1. The molecule has 1 aliphatic rings. The summed E-state index contributed by atoms with van der Waals surface area (Å²) in [5.74, 6) is 0. The summed E-state index contributed by atoms with van der Waals surface area (Å²) >= 11 is 0. The smallest absolute Gasteiger partial charge is 0.416 e. The van der Waals surface area contributed by atoms with Gasteiger partial charge in [-0.3, -0.25) is 4.98 Å². The number of anilines is 4. The fraction of sp³-hybridized carbons (Fsp3) is 0.182. The maximum absolute atomic E-state index is 13.0. The van der Waals surface area contributed by atoms with Gasteiger partial charge in [-0.05, 0) is 55.0 Å². The summed E-state index contributed by atoms with van der Waals surface area (Å²) in [5.41, 5.74) is 3.02. The van der Waals surface area contributed by atoms with Gasteiger partial charge in [0.05, 0.1) is 23.5 Å². The monoisotopic (exact) mass is 428 g/mol. The van der Waals surface area contributed by atoms with Crippen LogP contribution in [-0.4, -0.2) is 28.8 Å². The second-order valence-corrected chi connectivity index (χ2v) is 7.18. The Kier molecular flexibility index (Phi) is 5.41. The molecule has 4 rings (SSSR count). The van der Waals surface area contributed by atoms with Gasteiger partial charge in [-0.2, -0.15) is 13.2 Å². The molecule has 0 spiro atoms. The number of aromatic nitrogens is 1. The van der Waals surface area contributed by atoms with Gasteiger partial charge in [0.15, 0.2) is 0 Å². The SMILES string of the molecule is O=C(O)NC1Cc2c(Nc3cccnc3)cccc2N(c2ccc(C(F)(F)F)cc2)C1. The predicted octanol–water partition coefficient (Wildman–Crippen LogP) is 5.17. The molecule has 1 amide bonds. The third-order valence-corrected chi connectivity index (χ3v) is 5.07.